The largest absolute Gasteiger partial charge is 0.497 e. The topological polar surface area (TPSA) is 36.9 Å². The van der Waals surface area contributed by atoms with Crippen LogP contribution in [-0.4, -0.2) is 24.6 Å². The fourth-order valence-electron chi connectivity index (χ4n) is 3.01. The lowest BCUT2D eigenvalue weighted by molar-refractivity contribution is 0.415. The normalized spacial score (nSPS) is 15.5. The van der Waals surface area contributed by atoms with Gasteiger partial charge in [0.15, 0.2) is 5.11 Å². The lowest BCUT2D eigenvalue weighted by atomic mass is 10.1. The van der Waals surface area contributed by atoms with E-state index >= 15 is 0 Å². The Hall–Kier alpha value is -2.40. The smallest absolute Gasteiger partial charge is 0.198 e. The van der Waals surface area contributed by atoms with Gasteiger partial charge in [0.2, 0.25) is 0 Å². The molecule has 0 unspecified atom stereocenters. The standard InChI is InChI=1S/C20H23N3OS/c1-14-6-4-7-18(15(14)2)23-13-5-8-19(23)22-20(25)21-16-9-11-17(24-3)12-10-16/h4,6-7,9-12H,5,8,13H2,1-3H3,(H,21,25)/b22-19-. The molecule has 25 heavy (non-hydrogen) atoms. The summed E-state index contributed by atoms with van der Waals surface area (Å²) in [5, 5.41) is 3.66. The molecule has 0 saturated carbocycles. The van der Waals surface area contributed by atoms with E-state index in [4.69, 9.17) is 17.0 Å². The molecule has 0 amide bonds. The summed E-state index contributed by atoms with van der Waals surface area (Å²) in [5.41, 5.74) is 4.73. The molecule has 1 saturated heterocycles. The number of rotatable bonds is 3. The van der Waals surface area contributed by atoms with Gasteiger partial charge in [-0.2, -0.15) is 0 Å². The summed E-state index contributed by atoms with van der Waals surface area (Å²) in [6.07, 6.45) is 2.04. The van der Waals surface area contributed by atoms with E-state index in [1.54, 1.807) is 7.11 Å². The lowest BCUT2D eigenvalue weighted by Crippen LogP contribution is -2.26. The maximum absolute atomic E-state index is 5.44. The third-order valence-electron chi connectivity index (χ3n) is 4.53. The van der Waals surface area contributed by atoms with Crippen molar-refractivity contribution in [2.24, 2.45) is 4.99 Å². The Morgan fingerprint density at radius 3 is 2.64 bits per heavy atom. The first-order valence-corrected chi connectivity index (χ1v) is 8.85. The summed E-state index contributed by atoms with van der Waals surface area (Å²) in [6, 6.07) is 14.1. The van der Waals surface area contributed by atoms with Crippen LogP contribution in [0.25, 0.3) is 0 Å². The molecule has 1 heterocycles. The number of hydrogen-bond acceptors (Lipinski definition) is 2. The number of thiocarbonyl (C=S) groups is 1. The van der Waals surface area contributed by atoms with Crippen molar-refractivity contribution >= 4 is 34.5 Å². The molecule has 0 atom stereocenters. The van der Waals surface area contributed by atoms with E-state index in [0.717, 1.165) is 36.7 Å². The molecule has 0 bridgehead atoms. The van der Waals surface area contributed by atoms with Crippen molar-refractivity contribution in [3.05, 3.63) is 53.6 Å². The number of aryl methyl sites for hydroxylation is 1. The molecule has 0 radical (unpaired) electrons. The van der Waals surface area contributed by atoms with Crippen LogP contribution in [-0.2, 0) is 0 Å². The summed E-state index contributed by atoms with van der Waals surface area (Å²) in [7, 11) is 1.65. The van der Waals surface area contributed by atoms with Gasteiger partial charge in [0, 0.05) is 24.3 Å². The molecular formula is C20H23N3OS. The van der Waals surface area contributed by atoms with Crippen LogP contribution < -0.4 is 15.0 Å². The molecule has 130 valence electrons. The van der Waals surface area contributed by atoms with Crippen LogP contribution in [0.5, 0.6) is 5.75 Å². The second-order valence-electron chi connectivity index (χ2n) is 6.16. The zero-order chi connectivity index (χ0) is 17.8. The Labute approximate surface area is 154 Å². The van der Waals surface area contributed by atoms with Crippen LogP contribution in [0.1, 0.15) is 24.0 Å². The second kappa shape index (κ2) is 7.66. The molecule has 5 heteroatoms. The minimum atomic E-state index is 0.484. The summed E-state index contributed by atoms with van der Waals surface area (Å²) < 4.78 is 5.17. The Balaban J connectivity index is 1.76. The van der Waals surface area contributed by atoms with E-state index < -0.39 is 0 Å². The van der Waals surface area contributed by atoms with Gasteiger partial charge < -0.3 is 15.0 Å². The quantitative estimate of drug-likeness (QED) is 0.811. The Morgan fingerprint density at radius 2 is 1.92 bits per heavy atom. The first kappa shape index (κ1) is 17.4. The van der Waals surface area contributed by atoms with Gasteiger partial charge in [-0.25, -0.2) is 4.99 Å². The van der Waals surface area contributed by atoms with Gasteiger partial charge in [-0.1, -0.05) is 12.1 Å². The van der Waals surface area contributed by atoms with Crippen LogP contribution in [0.4, 0.5) is 11.4 Å². The van der Waals surface area contributed by atoms with Crippen LogP contribution >= 0.6 is 12.2 Å². The number of nitrogens with zero attached hydrogens (tertiary/aromatic N) is 2. The number of amidine groups is 1. The van der Waals surface area contributed by atoms with Gasteiger partial charge in [0.05, 0.1) is 7.11 Å². The van der Waals surface area contributed by atoms with Crippen molar-refractivity contribution in [2.75, 3.05) is 23.9 Å². The average Bonchev–Trinajstić information content (AvgIpc) is 3.05. The summed E-state index contributed by atoms with van der Waals surface area (Å²) in [6.45, 7) is 5.28. The molecule has 2 aromatic rings. The Kier molecular flexibility index (Phi) is 5.34. The maximum Gasteiger partial charge on any atom is 0.198 e. The molecule has 0 aromatic heterocycles. The Bertz CT molecular complexity index is 799. The van der Waals surface area contributed by atoms with Gasteiger partial charge in [0.25, 0.3) is 0 Å². The number of anilines is 2. The van der Waals surface area contributed by atoms with E-state index in [-0.39, 0.29) is 0 Å². The van der Waals surface area contributed by atoms with Crippen molar-refractivity contribution in [2.45, 2.75) is 26.7 Å². The minimum Gasteiger partial charge on any atom is -0.497 e. The fraction of sp³-hybridized carbons (Fsp3) is 0.300. The highest BCUT2D eigenvalue weighted by Gasteiger charge is 2.22. The van der Waals surface area contributed by atoms with Gasteiger partial charge in [0.1, 0.15) is 11.6 Å². The molecule has 1 aliphatic heterocycles. The predicted molar refractivity (Wildman–Crippen MR) is 109 cm³/mol. The number of methoxy groups -OCH3 is 1. The molecular weight excluding hydrogens is 330 g/mol. The van der Waals surface area contributed by atoms with E-state index in [9.17, 15) is 0 Å². The Morgan fingerprint density at radius 1 is 1.16 bits per heavy atom. The minimum absolute atomic E-state index is 0.484. The number of benzene rings is 2. The SMILES string of the molecule is COc1ccc(NC(=S)/N=C2/CCCN2c2cccc(C)c2C)cc1. The highest BCUT2D eigenvalue weighted by Crippen LogP contribution is 2.27. The van der Waals surface area contributed by atoms with Crippen LogP contribution in [0.15, 0.2) is 47.5 Å². The molecule has 2 aromatic carbocycles. The molecule has 1 N–H and O–H groups in total. The van der Waals surface area contributed by atoms with Crippen molar-refractivity contribution < 1.29 is 4.74 Å². The molecule has 0 spiro atoms. The first-order valence-electron chi connectivity index (χ1n) is 8.45. The van der Waals surface area contributed by atoms with E-state index in [0.29, 0.717) is 5.11 Å². The fourth-order valence-corrected chi connectivity index (χ4v) is 3.23. The second-order valence-corrected chi connectivity index (χ2v) is 6.55. The van der Waals surface area contributed by atoms with Crippen molar-refractivity contribution in [3.63, 3.8) is 0 Å². The number of ether oxygens (including phenoxy) is 1. The number of aliphatic imine (C=N–C) groups is 1. The summed E-state index contributed by atoms with van der Waals surface area (Å²) >= 11 is 5.44. The van der Waals surface area contributed by atoms with Gasteiger partial charge in [-0.15, -0.1) is 0 Å². The van der Waals surface area contributed by atoms with E-state index in [1.165, 1.54) is 16.8 Å². The monoisotopic (exact) mass is 353 g/mol. The van der Waals surface area contributed by atoms with E-state index in [2.05, 4.69) is 47.3 Å². The molecule has 1 aliphatic rings. The van der Waals surface area contributed by atoms with Crippen LogP contribution in [0.2, 0.25) is 0 Å². The highest BCUT2D eigenvalue weighted by atomic mass is 32.1. The average molecular weight is 353 g/mol. The summed E-state index contributed by atoms with van der Waals surface area (Å²) in [5.74, 6) is 1.85. The third-order valence-corrected chi connectivity index (χ3v) is 4.73. The van der Waals surface area contributed by atoms with Gasteiger partial charge in [-0.3, -0.25) is 0 Å². The van der Waals surface area contributed by atoms with Gasteiger partial charge in [-0.05, 0) is 73.9 Å². The third kappa shape index (κ3) is 3.99. The molecule has 1 fully saturated rings. The van der Waals surface area contributed by atoms with Crippen molar-refractivity contribution in [1.29, 1.82) is 0 Å². The van der Waals surface area contributed by atoms with E-state index in [1.807, 2.05) is 24.3 Å². The zero-order valence-corrected chi connectivity index (χ0v) is 15.7. The molecule has 4 nitrogen and oxygen atoms in total. The summed E-state index contributed by atoms with van der Waals surface area (Å²) in [4.78, 5) is 6.96. The van der Waals surface area contributed by atoms with Crippen LogP contribution in [0.3, 0.4) is 0 Å². The maximum atomic E-state index is 5.44. The zero-order valence-electron chi connectivity index (χ0n) is 14.9. The predicted octanol–water partition coefficient (Wildman–Crippen LogP) is 4.71. The van der Waals surface area contributed by atoms with Gasteiger partial charge >= 0.3 is 0 Å². The van der Waals surface area contributed by atoms with Crippen molar-refractivity contribution in [3.8, 4) is 5.75 Å². The molecule has 0 aliphatic carbocycles. The molecule has 3 rings (SSSR count). The first-order chi connectivity index (χ1) is 12.1. The number of hydrogen-bond donors (Lipinski definition) is 1. The lowest BCUT2D eigenvalue weighted by Gasteiger charge is -2.22. The highest BCUT2D eigenvalue weighted by molar-refractivity contribution is 7.80. The van der Waals surface area contributed by atoms with Crippen molar-refractivity contribution in [1.82, 2.24) is 0 Å². The number of nitrogens with one attached hydrogen (secondary N) is 1. The van der Waals surface area contributed by atoms with Crippen LogP contribution in [0, 0.1) is 13.8 Å².